The summed E-state index contributed by atoms with van der Waals surface area (Å²) in [6, 6.07) is 13.6. The fourth-order valence-electron chi connectivity index (χ4n) is 3.69. The number of carbonyl (C=O) groups is 3. The lowest BCUT2D eigenvalue weighted by Gasteiger charge is -2.31. The van der Waals surface area contributed by atoms with Crippen LogP contribution in [0.15, 0.2) is 54.6 Å². The molecule has 3 atom stereocenters. The summed E-state index contributed by atoms with van der Waals surface area (Å²) in [4.78, 5) is 40.3. The number of nitrogens with one attached hydrogen (secondary N) is 2. The monoisotopic (exact) mass is 485 g/mol. The van der Waals surface area contributed by atoms with Crippen molar-refractivity contribution in [3.05, 3.63) is 65.7 Å². The maximum atomic E-state index is 13.3. The summed E-state index contributed by atoms with van der Waals surface area (Å²) < 4.78 is 0. The van der Waals surface area contributed by atoms with Crippen LogP contribution < -0.4 is 10.6 Å². The molecule has 0 aromatic heterocycles. The van der Waals surface area contributed by atoms with Crippen LogP contribution in [0.25, 0.3) is 0 Å². The number of aliphatic hydroxyl groups excluding tert-OH is 1. The summed E-state index contributed by atoms with van der Waals surface area (Å²) in [5.74, 6) is -1.02. The van der Waals surface area contributed by atoms with Gasteiger partial charge in [-0.25, -0.2) is 0 Å². The summed E-state index contributed by atoms with van der Waals surface area (Å²) in [6.07, 6.45) is -1.40. The van der Waals surface area contributed by atoms with Crippen molar-refractivity contribution in [3.63, 3.8) is 0 Å². The minimum atomic E-state index is -1.58. The van der Waals surface area contributed by atoms with Gasteiger partial charge < -0.3 is 25.7 Å². The number of amides is 3. The second-order valence-electron chi connectivity index (χ2n) is 9.29. The van der Waals surface area contributed by atoms with Crippen LogP contribution in [0, 0.1) is 0 Å². The normalized spacial score (nSPS) is 17.6. The van der Waals surface area contributed by atoms with E-state index in [0.29, 0.717) is 5.75 Å². The Morgan fingerprint density at radius 2 is 1.74 bits per heavy atom. The molecule has 0 radical (unpaired) electrons. The highest BCUT2D eigenvalue weighted by Gasteiger charge is 2.40. The van der Waals surface area contributed by atoms with Crippen molar-refractivity contribution in [2.45, 2.75) is 50.9 Å². The number of aromatic hydroxyl groups is 1. The van der Waals surface area contributed by atoms with E-state index in [1.165, 1.54) is 28.8 Å². The number of hydrogen-bond acceptors (Lipinski definition) is 6. The number of benzene rings is 2. The first-order valence-electron chi connectivity index (χ1n) is 11.1. The predicted molar refractivity (Wildman–Crippen MR) is 131 cm³/mol. The van der Waals surface area contributed by atoms with E-state index in [2.05, 4.69) is 10.6 Å². The van der Waals surface area contributed by atoms with Crippen LogP contribution in [0.2, 0.25) is 0 Å². The zero-order chi connectivity index (χ0) is 24.9. The zero-order valence-corrected chi connectivity index (χ0v) is 20.3. The molecule has 1 aliphatic heterocycles. The zero-order valence-electron chi connectivity index (χ0n) is 19.5. The molecule has 1 aliphatic rings. The molecule has 0 aliphatic carbocycles. The van der Waals surface area contributed by atoms with E-state index in [0.717, 1.165) is 5.56 Å². The third-order valence-electron chi connectivity index (χ3n) is 5.36. The Morgan fingerprint density at radius 3 is 2.38 bits per heavy atom. The van der Waals surface area contributed by atoms with Gasteiger partial charge in [-0.15, -0.1) is 11.8 Å². The van der Waals surface area contributed by atoms with Gasteiger partial charge in [0.1, 0.15) is 11.8 Å². The lowest BCUT2D eigenvalue weighted by Crippen LogP contribution is -2.57. The largest absolute Gasteiger partial charge is 0.507 e. The van der Waals surface area contributed by atoms with Crippen LogP contribution in [0.5, 0.6) is 5.75 Å². The van der Waals surface area contributed by atoms with E-state index in [-0.39, 0.29) is 29.5 Å². The minimum Gasteiger partial charge on any atom is -0.507 e. The van der Waals surface area contributed by atoms with Crippen LogP contribution in [-0.4, -0.2) is 68.2 Å². The second kappa shape index (κ2) is 10.9. The van der Waals surface area contributed by atoms with Gasteiger partial charge in [0.2, 0.25) is 5.91 Å². The summed E-state index contributed by atoms with van der Waals surface area (Å²) in [6.45, 7) is 5.58. The highest BCUT2D eigenvalue weighted by Crippen LogP contribution is 2.24. The van der Waals surface area contributed by atoms with Crippen molar-refractivity contribution < 1.29 is 24.6 Å². The molecule has 3 amide bonds. The van der Waals surface area contributed by atoms with Crippen molar-refractivity contribution in [2.75, 3.05) is 11.6 Å². The third-order valence-corrected chi connectivity index (χ3v) is 6.38. The second-order valence-corrected chi connectivity index (χ2v) is 10.3. The molecule has 0 spiro atoms. The average molecular weight is 486 g/mol. The van der Waals surface area contributed by atoms with Crippen molar-refractivity contribution in [1.29, 1.82) is 0 Å². The fraction of sp³-hybridized carbons (Fsp3) is 0.400. The number of phenolic OH excluding ortho intramolecular Hbond substituents is 1. The first-order chi connectivity index (χ1) is 16.1. The summed E-state index contributed by atoms with van der Waals surface area (Å²) in [5, 5.41) is 26.7. The highest BCUT2D eigenvalue weighted by molar-refractivity contribution is 7.99. The maximum Gasteiger partial charge on any atom is 0.255 e. The predicted octanol–water partition coefficient (Wildman–Crippen LogP) is 1.91. The number of aliphatic hydroxyl groups is 1. The van der Waals surface area contributed by atoms with E-state index < -0.39 is 35.5 Å². The van der Waals surface area contributed by atoms with Crippen LogP contribution >= 0.6 is 11.8 Å². The van der Waals surface area contributed by atoms with Crippen LogP contribution in [0.1, 0.15) is 36.7 Å². The Morgan fingerprint density at radius 1 is 1.09 bits per heavy atom. The van der Waals surface area contributed by atoms with Crippen LogP contribution in [-0.2, 0) is 16.0 Å². The minimum absolute atomic E-state index is 0.0411. The van der Waals surface area contributed by atoms with Gasteiger partial charge in [-0.05, 0) is 44.9 Å². The van der Waals surface area contributed by atoms with Gasteiger partial charge in [-0.1, -0.05) is 42.5 Å². The first kappa shape index (κ1) is 25.6. The molecular weight excluding hydrogens is 454 g/mol. The number of thioether (sulfide) groups is 1. The molecule has 1 saturated heterocycles. The van der Waals surface area contributed by atoms with E-state index in [1.807, 2.05) is 51.1 Å². The molecule has 2 aromatic rings. The smallest absolute Gasteiger partial charge is 0.255 e. The molecule has 1 fully saturated rings. The average Bonchev–Trinajstić information content (AvgIpc) is 3.27. The van der Waals surface area contributed by atoms with Crippen LogP contribution in [0.3, 0.4) is 0 Å². The first-order valence-corrected chi connectivity index (χ1v) is 12.2. The standard InChI is InChI=1S/C25H31N3O5S/c1-25(2,3)27-23(32)19-14-34-15-28(19)24(33)21(30)18(13-16-9-5-4-6-10-16)26-22(31)17-11-7-8-12-20(17)29/h4-12,18-19,21,29-30H,13-15H2,1-3H3,(H,26,31)(H,27,32)/t18-,19?,21-/m0/s1. The Kier molecular flexibility index (Phi) is 8.22. The summed E-state index contributed by atoms with van der Waals surface area (Å²) >= 11 is 1.43. The molecule has 34 heavy (non-hydrogen) atoms. The lowest BCUT2D eigenvalue weighted by molar-refractivity contribution is -0.146. The molecular formula is C25H31N3O5S. The number of phenols is 1. The van der Waals surface area contributed by atoms with Gasteiger partial charge in [0, 0.05) is 11.3 Å². The SMILES string of the molecule is CC(C)(C)NC(=O)C1CSCN1C(=O)[C@@H](O)[C@H](Cc1ccccc1)NC(=O)c1ccccc1O. The quantitative estimate of drug-likeness (QED) is 0.476. The Labute approximate surface area is 203 Å². The van der Waals surface area contributed by atoms with E-state index in [4.69, 9.17) is 0 Å². The van der Waals surface area contributed by atoms with Gasteiger partial charge in [-0.2, -0.15) is 0 Å². The van der Waals surface area contributed by atoms with Gasteiger partial charge in [0.15, 0.2) is 6.10 Å². The molecule has 4 N–H and O–H groups in total. The molecule has 1 heterocycles. The van der Waals surface area contributed by atoms with Crippen molar-refractivity contribution in [3.8, 4) is 5.75 Å². The van der Waals surface area contributed by atoms with Crippen molar-refractivity contribution >= 4 is 29.5 Å². The topological polar surface area (TPSA) is 119 Å². The Balaban J connectivity index is 1.81. The molecule has 182 valence electrons. The lowest BCUT2D eigenvalue weighted by atomic mass is 9.99. The van der Waals surface area contributed by atoms with Gasteiger partial charge in [0.05, 0.1) is 17.5 Å². The number of rotatable bonds is 7. The number of para-hydroxylation sites is 1. The van der Waals surface area contributed by atoms with Crippen LogP contribution in [0.4, 0.5) is 0 Å². The van der Waals surface area contributed by atoms with Gasteiger partial charge in [0.25, 0.3) is 11.8 Å². The number of hydrogen-bond donors (Lipinski definition) is 4. The molecule has 1 unspecified atom stereocenters. The van der Waals surface area contributed by atoms with Crippen molar-refractivity contribution in [1.82, 2.24) is 15.5 Å². The molecule has 3 rings (SSSR count). The molecule has 9 heteroatoms. The van der Waals surface area contributed by atoms with E-state index in [9.17, 15) is 24.6 Å². The Hall–Kier alpha value is -3.04. The molecule has 0 saturated carbocycles. The van der Waals surface area contributed by atoms with Crippen molar-refractivity contribution in [2.24, 2.45) is 0 Å². The number of carbonyl (C=O) groups excluding carboxylic acids is 3. The summed E-state index contributed by atoms with van der Waals surface area (Å²) in [5.41, 5.74) is 0.397. The van der Waals surface area contributed by atoms with E-state index in [1.54, 1.807) is 12.1 Å². The van der Waals surface area contributed by atoms with E-state index >= 15 is 0 Å². The van der Waals surface area contributed by atoms with Gasteiger partial charge >= 0.3 is 0 Å². The molecule has 2 aromatic carbocycles. The highest BCUT2D eigenvalue weighted by atomic mass is 32.2. The third kappa shape index (κ3) is 6.51. The molecule has 0 bridgehead atoms. The summed E-state index contributed by atoms with van der Waals surface area (Å²) in [7, 11) is 0. The Bertz CT molecular complexity index is 1020. The van der Waals surface area contributed by atoms with Gasteiger partial charge in [-0.3, -0.25) is 14.4 Å². The molecule has 8 nitrogen and oxygen atoms in total. The number of nitrogens with zero attached hydrogens (tertiary/aromatic N) is 1. The maximum absolute atomic E-state index is 13.3. The fourth-order valence-corrected chi connectivity index (χ4v) is 4.86.